The minimum Gasteiger partial charge on any atom is -0.493 e. The van der Waals surface area contributed by atoms with Gasteiger partial charge in [-0.05, 0) is 31.7 Å². The Bertz CT molecular complexity index is 978. The van der Waals surface area contributed by atoms with E-state index in [9.17, 15) is 5.11 Å². The van der Waals surface area contributed by atoms with Crippen LogP contribution in [0.1, 0.15) is 22.3 Å². The van der Waals surface area contributed by atoms with Crippen LogP contribution in [0.3, 0.4) is 0 Å². The summed E-state index contributed by atoms with van der Waals surface area (Å²) in [4.78, 5) is 10.7. The van der Waals surface area contributed by atoms with E-state index in [1.165, 1.54) is 15.9 Å². The number of aromatic hydroxyl groups is 1. The number of hydrogen-bond donors (Lipinski definition) is 1. The minimum absolute atomic E-state index is 0.109. The molecule has 3 aromatic rings. The fraction of sp³-hybridized carbons (Fsp3) is 0.474. The lowest BCUT2D eigenvalue weighted by molar-refractivity contribution is 0.127. The van der Waals surface area contributed by atoms with E-state index in [1.807, 2.05) is 25.1 Å². The van der Waals surface area contributed by atoms with E-state index < -0.39 is 0 Å². The Balaban J connectivity index is 1.81. The Morgan fingerprint density at radius 2 is 1.82 bits per heavy atom. The molecule has 150 valence electrons. The van der Waals surface area contributed by atoms with Crippen molar-refractivity contribution in [1.29, 1.82) is 0 Å². The Kier molecular flexibility index (Phi) is 5.13. The predicted molar refractivity (Wildman–Crippen MR) is 108 cm³/mol. The Morgan fingerprint density at radius 3 is 2.46 bits per heavy atom. The minimum atomic E-state index is -0.109. The number of likely N-dealkylation sites (N-methyl/N-ethyl adjacent to an activating group) is 1. The summed E-state index contributed by atoms with van der Waals surface area (Å²) in [6.07, 6.45) is 0. The van der Waals surface area contributed by atoms with Crippen LogP contribution >= 0.6 is 11.3 Å². The van der Waals surface area contributed by atoms with Crippen LogP contribution in [0.25, 0.3) is 4.96 Å². The summed E-state index contributed by atoms with van der Waals surface area (Å²) in [5.41, 5.74) is 1.04. The van der Waals surface area contributed by atoms with E-state index in [-0.39, 0.29) is 11.9 Å². The lowest BCUT2D eigenvalue weighted by Gasteiger charge is -2.37. The van der Waals surface area contributed by atoms with Gasteiger partial charge in [0, 0.05) is 26.2 Å². The second-order valence-corrected chi connectivity index (χ2v) is 8.01. The SMILES string of the molecule is COc1ccc([C@H](c2sc3nc(C)nn3c2O)N2CCN(C)CC2)cc1OC. The number of aromatic nitrogens is 3. The fourth-order valence-corrected chi connectivity index (χ4v) is 4.82. The second-order valence-electron chi connectivity index (χ2n) is 7.00. The molecule has 0 radical (unpaired) electrons. The number of thiazole rings is 1. The van der Waals surface area contributed by atoms with E-state index in [0.29, 0.717) is 22.3 Å². The largest absolute Gasteiger partial charge is 0.493 e. The maximum Gasteiger partial charge on any atom is 0.230 e. The average Bonchev–Trinajstić information content (AvgIpc) is 3.21. The molecule has 1 atom stereocenters. The van der Waals surface area contributed by atoms with Gasteiger partial charge in [-0.25, -0.2) is 4.98 Å². The van der Waals surface area contributed by atoms with Crippen LogP contribution in [-0.2, 0) is 0 Å². The third kappa shape index (κ3) is 3.30. The quantitative estimate of drug-likeness (QED) is 0.700. The maximum absolute atomic E-state index is 10.9. The van der Waals surface area contributed by atoms with Gasteiger partial charge in [0.1, 0.15) is 5.82 Å². The molecule has 0 spiro atoms. The molecule has 1 fully saturated rings. The Morgan fingerprint density at radius 1 is 1.11 bits per heavy atom. The third-order valence-electron chi connectivity index (χ3n) is 5.18. The Labute approximate surface area is 167 Å². The van der Waals surface area contributed by atoms with Crippen LogP contribution in [0.2, 0.25) is 0 Å². The van der Waals surface area contributed by atoms with Crippen molar-refractivity contribution in [1.82, 2.24) is 24.4 Å². The highest BCUT2D eigenvalue weighted by molar-refractivity contribution is 7.17. The van der Waals surface area contributed by atoms with Crippen molar-refractivity contribution < 1.29 is 14.6 Å². The van der Waals surface area contributed by atoms with E-state index in [4.69, 9.17) is 9.47 Å². The number of ether oxygens (including phenoxy) is 2. The molecule has 4 rings (SSSR count). The topological polar surface area (TPSA) is 75.4 Å². The van der Waals surface area contributed by atoms with E-state index >= 15 is 0 Å². The number of aryl methyl sites for hydroxylation is 1. The van der Waals surface area contributed by atoms with Crippen molar-refractivity contribution in [3.8, 4) is 17.4 Å². The van der Waals surface area contributed by atoms with Crippen LogP contribution in [0, 0.1) is 6.92 Å². The standard InChI is InChI=1S/C19H25N5O3S/c1-12-20-19-24(21-12)18(25)17(28-19)16(23-9-7-22(2)8-10-23)13-5-6-14(26-3)15(11-13)27-4/h5-6,11,16,25H,7-10H2,1-4H3/t16-/m1/s1. The van der Waals surface area contributed by atoms with E-state index in [0.717, 1.165) is 36.6 Å². The third-order valence-corrected chi connectivity index (χ3v) is 6.25. The van der Waals surface area contributed by atoms with Crippen LogP contribution in [-0.4, -0.2) is 77.0 Å². The van der Waals surface area contributed by atoms with Crippen LogP contribution in [0.15, 0.2) is 18.2 Å². The highest BCUT2D eigenvalue weighted by Gasteiger charge is 2.31. The van der Waals surface area contributed by atoms with Gasteiger partial charge in [-0.2, -0.15) is 4.52 Å². The molecule has 1 aromatic carbocycles. The summed E-state index contributed by atoms with van der Waals surface area (Å²) in [6.45, 7) is 5.59. The van der Waals surface area contributed by atoms with Gasteiger partial charge in [0.2, 0.25) is 10.8 Å². The lowest BCUT2D eigenvalue weighted by Crippen LogP contribution is -2.46. The van der Waals surface area contributed by atoms with Crippen LogP contribution < -0.4 is 9.47 Å². The number of benzene rings is 1. The molecule has 1 N–H and O–H groups in total. The second kappa shape index (κ2) is 7.57. The molecule has 0 saturated carbocycles. The monoisotopic (exact) mass is 403 g/mol. The number of hydrogen-bond acceptors (Lipinski definition) is 8. The highest BCUT2D eigenvalue weighted by atomic mass is 32.1. The molecule has 0 bridgehead atoms. The van der Waals surface area contributed by atoms with Crippen molar-refractivity contribution in [3.05, 3.63) is 34.5 Å². The number of nitrogens with zero attached hydrogens (tertiary/aromatic N) is 5. The first-order valence-corrected chi connectivity index (χ1v) is 10.0. The summed E-state index contributed by atoms with van der Waals surface area (Å²) in [5, 5.41) is 15.2. The van der Waals surface area contributed by atoms with Crippen LogP contribution in [0.4, 0.5) is 0 Å². The molecule has 3 heterocycles. The van der Waals surface area contributed by atoms with Crippen LogP contribution in [0.5, 0.6) is 17.4 Å². The molecule has 9 heteroatoms. The number of rotatable bonds is 5. The molecule has 1 aliphatic heterocycles. The highest BCUT2D eigenvalue weighted by Crippen LogP contribution is 2.42. The molecular weight excluding hydrogens is 378 g/mol. The first-order chi connectivity index (χ1) is 13.5. The number of piperazine rings is 1. The zero-order valence-electron chi connectivity index (χ0n) is 16.5. The Hall–Kier alpha value is -2.36. The molecule has 1 aliphatic rings. The average molecular weight is 404 g/mol. The van der Waals surface area contributed by atoms with Gasteiger partial charge >= 0.3 is 0 Å². The normalized spacial score (nSPS) is 17.1. The van der Waals surface area contributed by atoms with Gasteiger partial charge in [0.25, 0.3) is 0 Å². The summed E-state index contributed by atoms with van der Waals surface area (Å²) in [7, 11) is 5.39. The van der Waals surface area contributed by atoms with Gasteiger partial charge in [0.05, 0.1) is 25.1 Å². The molecule has 0 aliphatic carbocycles. The van der Waals surface area contributed by atoms with Gasteiger partial charge in [-0.1, -0.05) is 17.4 Å². The number of fused-ring (bicyclic) bond motifs is 1. The van der Waals surface area contributed by atoms with E-state index in [2.05, 4.69) is 26.9 Å². The number of methoxy groups -OCH3 is 2. The summed E-state index contributed by atoms with van der Waals surface area (Å²) < 4.78 is 12.4. The van der Waals surface area contributed by atoms with Gasteiger partial charge in [-0.3, -0.25) is 4.90 Å². The molecule has 28 heavy (non-hydrogen) atoms. The van der Waals surface area contributed by atoms with Crippen molar-refractivity contribution in [2.24, 2.45) is 0 Å². The zero-order valence-corrected chi connectivity index (χ0v) is 17.4. The first-order valence-electron chi connectivity index (χ1n) is 9.21. The maximum atomic E-state index is 10.9. The van der Waals surface area contributed by atoms with Crippen molar-refractivity contribution in [3.63, 3.8) is 0 Å². The molecule has 8 nitrogen and oxygen atoms in total. The molecule has 1 saturated heterocycles. The first kappa shape index (κ1) is 19.0. The summed E-state index contributed by atoms with van der Waals surface area (Å²) in [6, 6.07) is 5.82. The van der Waals surface area contributed by atoms with Crippen molar-refractivity contribution in [2.45, 2.75) is 13.0 Å². The van der Waals surface area contributed by atoms with Gasteiger partial charge in [-0.15, -0.1) is 5.10 Å². The van der Waals surface area contributed by atoms with Crippen molar-refractivity contribution >= 4 is 16.3 Å². The fourth-order valence-electron chi connectivity index (χ4n) is 3.66. The predicted octanol–water partition coefficient (Wildman–Crippen LogP) is 2.16. The van der Waals surface area contributed by atoms with Gasteiger partial charge in [0.15, 0.2) is 11.5 Å². The van der Waals surface area contributed by atoms with Gasteiger partial charge < -0.3 is 19.5 Å². The molecule has 0 amide bonds. The lowest BCUT2D eigenvalue weighted by atomic mass is 10.0. The molecule has 0 unspecified atom stereocenters. The smallest absolute Gasteiger partial charge is 0.230 e. The van der Waals surface area contributed by atoms with E-state index in [1.54, 1.807) is 14.2 Å². The molecule has 2 aromatic heterocycles. The molecular formula is C19H25N5O3S. The van der Waals surface area contributed by atoms with Crippen molar-refractivity contribution in [2.75, 3.05) is 47.4 Å². The summed E-state index contributed by atoms with van der Waals surface area (Å²) >= 11 is 1.48. The zero-order chi connectivity index (χ0) is 19.8. The summed E-state index contributed by atoms with van der Waals surface area (Å²) in [5.74, 6) is 2.16.